The summed E-state index contributed by atoms with van der Waals surface area (Å²) in [5.74, 6) is -3.63. The van der Waals surface area contributed by atoms with Crippen molar-refractivity contribution in [3.8, 4) is 11.5 Å². The van der Waals surface area contributed by atoms with E-state index < -0.39 is 31.1 Å². The average molecular weight is 534 g/mol. The third-order valence-electron chi connectivity index (χ3n) is 5.97. The van der Waals surface area contributed by atoms with Crippen LogP contribution >= 0.6 is 7.82 Å². The summed E-state index contributed by atoms with van der Waals surface area (Å²) in [6.07, 6.45) is 2.92. The van der Waals surface area contributed by atoms with Crippen molar-refractivity contribution in [1.29, 1.82) is 0 Å². The van der Waals surface area contributed by atoms with Gasteiger partial charge in [-0.2, -0.15) is 0 Å². The normalized spacial score (nSPS) is 21.7. The van der Waals surface area contributed by atoms with Gasteiger partial charge in [0.1, 0.15) is 22.7 Å². The number of carbonyl (C=O) groups is 2. The number of rotatable bonds is 9. The zero-order valence-corrected chi connectivity index (χ0v) is 21.3. The van der Waals surface area contributed by atoms with Crippen LogP contribution in [-0.2, 0) is 38.5 Å². The topological polar surface area (TPSA) is 107 Å². The number of benzene rings is 3. The van der Waals surface area contributed by atoms with Crippen molar-refractivity contribution in [2.45, 2.75) is 11.4 Å². The minimum atomic E-state index is -4.61. The largest absolute Gasteiger partial charge is 0.590 e. The molecule has 194 valence electrons. The van der Waals surface area contributed by atoms with E-state index in [1.165, 1.54) is 19.3 Å². The van der Waals surface area contributed by atoms with E-state index in [4.69, 9.17) is 27.8 Å². The molecule has 0 aliphatic carbocycles. The second kappa shape index (κ2) is 9.95. The number of fused-ring (bicyclic) bond motifs is 2. The summed E-state index contributed by atoms with van der Waals surface area (Å²) in [6, 6.07) is 25.2. The second-order valence-electron chi connectivity index (χ2n) is 8.28. The molecule has 2 unspecified atom stereocenters. The summed E-state index contributed by atoms with van der Waals surface area (Å²) >= 11 is 0. The van der Waals surface area contributed by atoms with Crippen molar-refractivity contribution in [1.82, 2.24) is 0 Å². The summed E-state index contributed by atoms with van der Waals surface area (Å²) in [6.45, 7) is 0. The number of para-hydroxylation sites is 2. The van der Waals surface area contributed by atoms with Crippen molar-refractivity contribution in [3.63, 3.8) is 0 Å². The lowest BCUT2D eigenvalue weighted by Crippen LogP contribution is -2.36. The van der Waals surface area contributed by atoms with E-state index in [2.05, 4.69) is 0 Å². The Morgan fingerprint density at radius 2 is 1.16 bits per heavy atom. The number of ether oxygens (including phenoxy) is 3. The van der Waals surface area contributed by atoms with Gasteiger partial charge in [0.2, 0.25) is 5.79 Å². The predicted octanol–water partition coefficient (Wildman–Crippen LogP) is 5.10. The number of hydrogen-bond donors (Lipinski definition) is 0. The van der Waals surface area contributed by atoms with Crippen molar-refractivity contribution >= 4 is 19.8 Å². The second-order valence-corrected chi connectivity index (χ2v) is 9.73. The molecule has 3 aromatic rings. The summed E-state index contributed by atoms with van der Waals surface area (Å²) in [5.41, 5.74) is -1.61. The number of esters is 2. The van der Waals surface area contributed by atoms with Gasteiger partial charge in [-0.15, -0.1) is 0 Å². The molecule has 5 rings (SSSR count). The van der Waals surface area contributed by atoms with Gasteiger partial charge in [0.25, 0.3) is 0 Å². The first-order valence-electron chi connectivity index (χ1n) is 11.5. The van der Waals surface area contributed by atoms with Crippen molar-refractivity contribution in [2.24, 2.45) is 0 Å². The van der Waals surface area contributed by atoms with E-state index in [0.29, 0.717) is 5.56 Å². The highest BCUT2D eigenvalue weighted by Crippen LogP contribution is 2.62. The monoisotopic (exact) mass is 534 g/mol. The number of phosphoric acid groups is 1. The first-order valence-corrected chi connectivity index (χ1v) is 13.0. The fourth-order valence-corrected chi connectivity index (χ4v) is 5.78. The Kier molecular flexibility index (Phi) is 6.67. The first kappa shape index (κ1) is 25.5. The maximum Gasteiger partial charge on any atom is 0.590 e. The molecule has 38 heavy (non-hydrogen) atoms. The number of hydrogen-bond acceptors (Lipinski definition) is 9. The number of carbonyl (C=O) groups excluding carboxylic acids is 2. The Balaban J connectivity index is 1.66. The predicted molar refractivity (Wildman–Crippen MR) is 135 cm³/mol. The van der Waals surface area contributed by atoms with Gasteiger partial charge >= 0.3 is 19.8 Å². The molecule has 0 radical (unpaired) electrons. The Labute approximate surface area is 218 Å². The van der Waals surface area contributed by atoms with Crippen LogP contribution in [0.1, 0.15) is 5.56 Å². The fourth-order valence-electron chi connectivity index (χ4n) is 4.39. The zero-order valence-electron chi connectivity index (χ0n) is 20.4. The lowest BCUT2D eigenvalue weighted by Gasteiger charge is -2.30. The highest BCUT2D eigenvalue weighted by atomic mass is 31.2. The fraction of sp³-hybridized carbons (Fsp3) is 0.143. The smallest absolute Gasteiger partial charge is 0.466 e. The average Bonchev–Trinajstić information content (AvgIpc) is 3.45. The van der Waals surface area contributed by atoms with Gasteiger partial charge in [0.15, 0.2) is 0 Å². The molecule has 0 saturated heterocycles. The molecule has 10 heteroatoms. The summed E-state index contributed by atoms with van der Waals surface area (Å²) in [5, 5.41) is 0. The Bertz CT molecular complexity index is 1410. The third-order valence-corrected chi connectivity index (χ3v) is 7.33. The van der Waals surface area contributed by atoms with Crippen LogP contribution in [0, 0.1) is 0 Å². The maximum atomic E-state index is 14.3. The van der Waals surface area contributed by atoms with E-state index >= 15 is 0 Å². The summed E-state index contributed by atoms with van der Waals surface area (Å²) < 4.78 is 48.1. The standard InChI is InChI=1S/C28H23O9P/c1-32-25(29)23-24(26(30)33-2)28(19-18-27(23,36-28)20-12-6-3-7-13-20)37-38(31,34-21-14-8-4-9-15-21)35-22-16-10-5-11-17-22/h3-19H,1-2H3. The molecule has 0 saturated carbocycles. The molecular weight excluding hydrogens is 511 g/mol. The van der Waals surface area contributed by atoms with Gasteiger partial charge in [0, 0.05) is 0 Å². The molecule has 2 atom stereocenters. The van der Waals surface area contributed by atoms with E-state index in [1.54, 1.807) is 91.0 Å². The molecule has 2 bridgehead atoms. The first-order chi connectivity index (χ1) is 18.3. The molecular formula is C28H23O9P. The maximum absolute atomic E-state index is 14.3. The van der Waals surface area contributed by atoms with Crippen LogP contribution in [0.4, 0.5) is 0 Å². The number of phosphoric ester groups is 1. The van der Waals surface area contributed by atoms with Crippen LogP contribution < -0.4 is 9.05 Å². The Morgan fingerprint density at radius 3 is 1.66 bits per heavy atom. The minimum absolute atomic E-state index is 0.175. The molecule has 2 heterocycles. The molecule has 0 fully saturated rings. The highest BCUT2D eigenvalue weighted by molar-refractivity contribution is 7.49. The number of methoxy groups -OCH3 is 2. The van der Waals surface area contributed by atoms with Crippen LogP contribution in [-0.4, -0.2) is 31.9 Å². The van der Waals surface area contributed by atoms with Crippen molar-refractivity contribution in [2.75, 3.05) is 14.2 Å². The van der Waals surface area contributed by atoms with Gasteiger partial charge in [-0.1, -0.05) is 66.7 Å². The Hall–Kier alpha value is -4.17. The zero-order chi connectivity index (χ0) is 26.8. The third kappa shape index (κ3) is 4.41. The van der Waals surface area contributed by atoms with Crippen LogP contribution in [0.3, 0.4) is 0 Å². The van der Waals surface area contributed by atoms with Crippen LogP contribution in [0.15, 0.2) is 114 Å². The van der Waals surface area contributed by atoms with Crippen molar-refractivity contribution < 1.29 is 41.9 Å². The molecule has 0 spiro atoms. The van der Waals surface area contributed by atoms with Crippen LogP contribution in [0.5, 0.6) is 11.5 Å². The summed E-state index contributed by atoms with van der Waals surface area (Å²) in [7, 11) is -2.30. The van der Waals surface area contributed by atoms with Gasteiger partial charge in [-0.25, -0.2) is 18.7 Å². The molecule has 2 aliphatic heterocycles. The highest BCUT2D eigenvalue weighted by Gasteiger charge is 2.66. The Morgan fingerprint density at radius 1 is 0.684 bits per heavy atom. The minimum Gasteiger partial charge on any atom is -0.466 e. The lowest BCUT2D eigenvalue weighted by atomic mass is 9.81. The van der Waals surface area contributed by atoms with Crippen molar-refractivity contribution in [3.05, 3.63) is 120 Å². The molecule has 2 aliphatic rings. The van der Waals surface area contributed by atoms with E-state index in [9.17, 15) is 14.2 Å². The summed E-state index contributed by atoms with van der Waals surface area (Å²) in [4.78, 5) is 26.3. The van der Waals surface area contributed by atoms with Crippen LogP contribution in [0.25, 0.3) is 0 Å². The lowest BCUT2D eigenvalue weighted by molar-refractivity contribution is -0.160. The van der Waals surface area contributed by atoms with Gasteiger partial charge < -0.3 is 23.3 Å². The van der Waals surface area contributed by atoms with Gasteiger partial charge in [0.05, 0.1) is 19.8 Å². The van der Waals surface area contributed by atoms with Crippen LogP contribution in [0.2, 0.25) is 0 Å². The van der Waals surface area contributed by atoms with Gasteiger partial charge in [-0.05, 0) is 42.0 Å². The molecule has 0 amide bonds. The quantitative estimate of drug-likeness (QED) is 0.210. The molecule has 9 nitrogen and oxygen atoms in total. The van der Waals surface area contributed by atoms with E-state index in [1.807, 2.05) is 0 Å². The van der Waals surface area contributed by atoms with E-state index in [0.717, 1.165) is 7.11 Å². The molecule has 0 N–H and O–H groups in total. The van der Waals surface area contributed by atoms with Gasteiger partial charge in [-0.3, -0.25) is 0 Å². The molecule has 3 aromatic carbocycles. The van der Waals surface area contributed by atoms with E-state index in [-0.39, 0.29) is 22.6 Å². The molecule has 0 aromatic heterocycles. The SMILES string of the molecule is COC(=O)C1=C(C(=O)OC)C2(c3ccccc3)C=CC1(OP(=O)(Oc1ccccc1)Oc1ccccc1)O2.